The molecule has 4 bridgehead atoms. The number of carbonyl (C=O) groups excluding carboxylic acids is 1. The van der Waals surface area contributed by atoms with Crippen LogP contribution < -0.4 is 0 Å². The van der Waals surface area contributed by atoms with Crippen LogP contribution >= 0.6 is 0 Å². The third-order valence-electron chi connectivity index (χ3n) is 8.69. The van der Waals surface area contributed by atoms with E-state index in [1.54, 1.807) is 0 Å². The fourth-order valence-electron chi connectivity index (χ4n) is 7.55. The Morgan fingerprint density at radius 1 is 0.821 bits per heavy atom. The number of esters is 1. The number of hydrogen-bond donors (Lipinski definition) is 0. The van der Waals surface area contributed by atoms with E-state index in [0.29, 0.717) is 30.2 Å². The Kier molecular flexibility index (Phi) is 3.03. The van der Waals surface area contributed by atoms with Gasteiger partial charge in [0.05, 0.1) is 5.56 Å². The second kappa shape index (κ2) is 5.18. The molecule has 5 aliphatic carbocycles. The number of rotatable bonds is 0. The summed E-state index contributed by atoms with van der Waals surface area (Å²) in [6, 6.07) is 7.79. The van der Waals surface area contributed by atoms with E-state index in [0.717, 1.165) is 30.2 Å². The van der Waals surface area contributed by atoms with Crippen molar-refractivity contribution < 1.29 is 24.0 Å². The maximum Gasteiger partial charge on any atom is 0.339 e. The van der Waals surface area contributed by atoms with Crippen molar-refractivity contribution in [2.24, 2.45) is 23.7 Å². The van der Waals surface area contributed by atoms with Crippen molar-refractivity contribution in [1.82, 2.24) is 0 Å². The molecule has 148 valence electrons. The Balaban J connectivity index is 1.15. The first-order valence-electron chi connectivity index (χ1n) is 11.0. The van der Waals surface area contributed by atoms with E-state index in [9.17, 15) is 4.79 Å². The van der Waals surface area contributed by atoms with Gasteiger partial charge in [0.2, 0.25) is 11.6 Å². The van der Waals surface area contributed by atoms with Crippen LogP contribution in [0.5, 0.6) is 0 Å². The topological polar surface area (TPSA) is 54.0 Å². The lowest BCUT2D eigenvalue weighted by atomic mass is 9.53. The summed E-state index contributed by atoms with van der Waals surface area (Å²) >= 11 is 0. The molecule has 8 rings (SSSR count). The zero-order valence-corrected chi connectivity index (χ0v) is 16.0. The number of hydrogen-bond acceptors (Lipinski definition) is 5. The summed E-state index contributed by atoms with van der Waals surface area (Å²) in [5.41, 5.74) is 1.21. The van der Waals surface area contributed by atoms with Gasteiger partial charge in [-0.1, -0.05) is 18.2 Å². The number of benzene rings is 1. The van der Waals surface area contributed by atoms with Gasteiger partial charge in [0.25, 0.3) is 0 Å². The highest BCUT2D eigenvalue weighted by Gasteiger charge is 2.67. The van der Waals surface area contributed by atoms with Gasteiger partial charge < -0.3 is 9.47 Å². The monoisotopic (exact) mass is 382 g/mol. The van der Waals surface area contributed by atoms with E-state index < -0.39 is 17.2 Å². The van der Waals surface area contributed by atoms with Crippen LogP contribution in [0.1, 0.15) is 73.7 Å². The van der Waals surface area contributed by atoms with Gasteiger partial charge in [0, 0.05) is 30.2 Å². The van der Waals surface area contributed by atoms with Gasteiger partial charge in [0.15, 0.2) is 0 Å². The minimum Gasteiger partial charge on any atom is -0.451 e. The first-order chi connectivity index (χ1) is 13.6. The van der Waals surface area contributed by atoms with Crippen molar-refractivity contribution in [3.8, 4) is 0 Å². The van der Waals surface area contributed by atoms with Gasteiger partial charge in [-0.3, -0.25) is 0 Å². The molecular formula is C23H26O5. The van der Waals surface area contributed by atoms with Gasteiger partial charge in [-0.2, -0.15) is 9.78 Å². The molecule has 7 aliphatic rings. The Bertz CT molecular complexity index is 824. The van der Waals surface area contributed by atoms with Crippen molar-refractivity contribution >= 4 is 5.97 Å². The molecule has 0 unspecified atom stereocenters. The number of ether oxygens (including phenoxy) is 2. The Labute approximate surface area is 164 Å². The molecule has 1 aromatic carbocycles. The average Bonchev–Trinajstić information content (AvgIpc) is 3.21. The van der Waals surface area contributed by atoms with Crippen molar-refractivity contribution in [3.05, 3.63) is 35.4 Å². The molecule has 5 nitrogen and oxygen atoms in total. The quantitative estimate of drug-likeness (QED) is 0.490. The predicted octanol–water partition coefficient (Wildman–Crippen LogP) is 4.45. The fourth-order valence-corrected chi connectivity index (χ4v) is 7.55. The van der Waals surface area contributed by atoms with Crippen LogP contribution in [-0.2, 0) is 24.8 Å². The lowest BCUT2D eigenvalue weighted by Crippen LogP contribution is -2.59. The maximum absolute atomic E-state index is 12.4. The Hall–Kier alpha value is -1.43. The maximum atomic E-state index is 12.4. The highest BCUT2D eigenvalue weighted by molar-refractivity contribution is 5.94. The van der Waals surface area contributed by atoms with Crippen molar-refractivity contribution in [3.63, 3.8) is 0 Å². The van der Waals surface area contributed by atoms with E-state index >= 15 is 0 Å². The van der Waals surface area contributed by atoms with Crippen LogP contribution in [0.4, 0.5) is 0 Å². The van der Waals surface area contributed by atoms with Gasteiger partial charge >= 0.3 is 5.97 Å². The van der Waals surface area contributed by atoms with Gasteiger partial charge in [0.1, 0.15) is 5.60 Å². The molecule has 1 saturated heterocycles. The normalized spacial score (nSPS) is 50.6. The molecule has 5 heteroatoms. The molecule has 2 heterocycles. The van der Waals surface area contributed by atoms with Crippen molar-refractivity contribution in [2.75, 3.05) is 0 Å². The number of carbonyl (C=O) groups is 1. The molecule has 1 aromatic rings. The molecule has 0 amide bonds. The first kappa shape index (κ1) is 16.4. The van der Waals surface area contributed by atoms with Gasteiger partial charge in [-0.25, -0.2) is 4.79 Å². The second-order valence-electron chi connectivity index (χ2n) is 10.1. The summed E-state index contributed by atoms with van der Waals surface area (Å²) in [7, 11) is 0. The third kappa shape index (κ3) is 1.95. The molecule has 28 heavy (non-hydrogen) atoms. The molecular weight excluding hydrogens is 356 g/mol. The van der Waals surface area contributed by atoms with Crippen LogP contribution in [0.3, 0.4) is 0 Å². The smallest absolute Gasteiger partial charge is 0.339 e. The predicted molar refractivity (Wildman–Crippen MR) is 97.8 cm³/mol. The van der Waals surface area contributed by atoms with E-state index in [-0.39, 0.29) is 5.97 Å². The first-order valence-corrected chi connectivity index (χ1v) is 11.0. The minimum absolute atomic E-state index is 0.200. The zero-order valence-electron chi connectivity index (χ0n) is 16.0. The molecule has 5 saturated carbocycles. The third-order valence-corrected chi connectivity index (χ3v) is 8.69. The molecule has 0 radical (unpaired) electrons. The molecule has 6 fully saturated rings. The Morgan fingerprint density at radius 3 is 2.21 bits per heavy atom. The summed E-state index contributed by atoms with van der Waals surface area (Å²) in [5.74, 6) is 1.27. The van der Waals surface area contributed by atoms with Gasteiger partial charge in [-0.05, 0) is 62.8 Å². The van der Waals surface area contributed by atoms with E-state index in [1.165, 1.54) is 32.1 Å². The average molecular weight is 382 g/mol. The lowest BCUT2D eigenvalue weighted by Gasteiger charge is -2.57. The summed E-state index contributed by atoms with van der Waals surface area (Å²) in [5, 5.41) is 0. The number of fused-ring (bicyclic) bond motifs is 2. The second-order valence-corrected chi connectivity index (χ2v) is 10.1. The summed E-state index contributed by atoms with van der Waals surface area (Å²) in [6.07, 6.45) is 9.13. The Morgan fingerprint density at radius 2 is 1.50 bits per heavy atom. The molecule has 3 spiro atoms. The van der Waals surface area contributed by atoms with Crippen LogP contribution in [0, 0.1) is 23.7 Å². The van der Waals surface area contributed by atoms with E-state index in [1.807, 2.05) is 24.3 Å². The van der Waals surface area contributed by atoms with Crippen molar-refractivity contribution in [1.29, 1.82) is 0 Å². The van der Waals surface area contributed by atoms with Crippen molar-refractivity contribution in [2.45, 2.75) is 75.0 Å². The highest BCUT2D eigenvalue weighted by atomic mass is 17.3. The van der Waals surface area contributed by atoms with Crippen LogP contribution in [0.25, 0.3) is 0 Å². The standard InChI is InChI=1S/C23H26O5/c24-20-18-3-1-2-4-19(18)21(25-20)5-7-22(8-6-21)26-23(28-27-22)16-10-14-9-15(12-16)13-17(23)11-14/h1-4,14-17H,5-13H2. The van der Waals surface area contributed by atoms with E-state index in [2.05, 4.69) is 0 Å². The summed E-state index contributed by atoms with van der Waals surface area (Å²) in [4.78, 5) is 24.5. The largest absolute Gasteiger partial charge is 0.451 e. The van der Waals surface area contributed by atoms with Crippen LogP contribution in [0.15, 0.2) is 24.3 Å². The lowest BCUT2D eigenvalue weighted by molar-refractivity contribution is -0.390. The highest BCUT2D eigenvalue weighted by Crippen LogP contribution is 2.64. The molecule has 0 N–H and O–H groups in total. The molecule has 2 aliphatic heterocycles. The van der Waals surface area contributed by atoms with Gasteiger partial charge in [-0.15, -0.1) is 0 Å². The molecule has 0 aromatic heterocycles. The summed E-state index contributed by atoms with van der Waals surface area (Å²) in [6.45, 7) is 0. The SMILES string of the molecule is O=C1OC2(CCC3(CC2)OOC2(O3)C3CC4CC(C3)CC2C4)c2ccccc21. The fraction of sp³-hybridized carbons (Fsp3) is 0.696. The van der Waals surface area contributed by atoms with Crippen LogP contribution in [-0.4, -0.2) is 17.5 Å². The summed E-state index contributed by atoms with van der Waals surface area (Å²) < 4.78 is 12.7. The minimum atomic E-state index is -0.676. The zero-order chi connectivity index (χ0) is 18.6. The molecule has 0 atom stereocenters. The van der Waals surface area contributed by atoms with Crippen LogP contribution in [0.2, 0.25) is 0 Å². The van der Waals surface area contributed by atoms with E-state index in [4.69, 9.17) is 19.2 Å².